The Kier molecular flexibility index (Phi) is 5.37. The first-order valence-electron chi connectivity index (χ1n) is 8.35. The maximum atomic E-state index is 13.2. The Bertz CT molecular complexity index is 784. The summed E-state index contributed by atoms with van der Waals surface area (Å²) < 4.78 is 41.1. The smallest absolute Gasteiger partial charge is 0.207 e. The average Bonchev–Trinajstić information content (AvgIpc) is 2.93. The van der Waals surface area contributed by atoms with Crippen molar-refractivity contribution in [3.8, 4) is 0 Å². The van der Waals surface area contributed by atoms with Gasteiger partial charge in [0.25, 0.3) is 10.0 Å². The summed E-state index contributed by atoms with van der Waals surface area (Å²) in [5, 5.41) is 0. The van der Waals surface area contributed by atoms with Crippen LogP contribution in [0.4, 0.5) is 4.39 Å². The first-order valence-corrected chi connectivity index (χ1v) is 10.6. The average molecular weight is 368 g/mol. The van der Waals surface area contributed by atoms with E-state index in [1.54, 1.807) is 22.5 Å². The van der Waals surface area contributed by atoms with E-state index in [2.05, 4.69) is 0 Å². The molecule has 1 atom stereocenters. The highest BCUT2D eigenvalue weighted by molar-refractivity contribution is 7.91. The Morgan fingerprint density at radius 3 is 2.58 bits per heavy atom. The predicted molar refractivity (Wildman–Crippen MR) is 95.4 cm³/mol. The third-order valence-electron chi connectivity index (χ3n) is 4.56. The van der Waals surface area contributed by atoms with Crippen molar-refractivity contribution in [1.82, 2.24) is 4.31 Å². The molecule has 24 heavy (non-hydrogen) atoms. The van der Waals surface area contributed by atoms with Crippen LogP contribution in [0.15, 0.2) is 40.6 Å². The molecule has 6 heteroatoms. The highest BCUT2D eigenvalue weighted by Gasteiger charge is 2.30. The van der Waals surface area contributed by atoms with E-state index < -0.39 is 10.0 Å². The zero-order valence-electron chi connectivity index (χ0n) is 13.7. The molecule has 0 N–H and O–H groups in total. The minimum Gasteiger partial charge on any atom is -0.207 e. The number of halogens is 1. The third kappa shape index (κ3) is 3.71. The van der Waals surface area contributed by atoms with Crippen molar-refractivity contribution in [3.05, 3.63) is 52.7 Å². The van der Waals surface area contributed by atoms with Gasteiger partial charge in [0.05, 0.1) is 0 Å². The Balaban J connectivity index is 1.85. The highest BCUT2D eigenvalue weighted by Crippen LogP contribution is 2.32. The van der Waals surface area contributed by atoms with Crippen LogP contribution in [0, 0.1) is 5.82 Å². The van der Waals surface area contributed by atoms with Gasteiger partial charge in [0, 0.05) is 18.0 Å². The summed E-state index contributed by atoms with van der Waals surface area (Å²) in [6, 6.07) is 10.1. The number of thiophene rings is 1. The number of hydrogen-bond acceptors (Lipinski definition) is 3. The summed E-state index contributed by atoms with van der Waals surface area (Å²) in [5.74, 6) is -0.143. The summed E-state index contributed by atoms with van der Waals surface area (Å²) in [7, 11) is -3.45. The Morgan fingerprint density at radius 2 is 1.92 bits per heavy atom. The van der Waals surface area contributed by atoms with Gasteiger partial charge in [-0.3, -0.25) is 0 Å². The molecule has 2 aromatic rings. The summed E-state index contributed by atoms with van der Waals surface area (Å²) in [6.07, 6.45) is 3.63. The fourth-order valence-electron chi connectivity index (χ4n) is 3.15. The van der Waals surface area contributed by atoms with Gasteiger partial charge >= 0.3 is 0 Å². The number of nitrogens with zero attached hydrogens (tertiary/aromatic N) is 1. The summed E-state index contributed by atoms with van der Waals surface area (Å²) in [6.45, 7) is 3.05. The Morgan fingerprint density at radius 1 is 1.17 bits per heavy atom. The quantitative estimate of drug-likeness (QED) is 0.803. The number of benzene rings is 1. The molecule has 1 aromatic carbocycles. The molecule has 1 aliphatic heterocycles. The highest BCUT2D eigenvalue weighted by atomic mass is 32.2. The van der Waals surface area contributed by atoms with Crippen LogP contribution in [-0.2, 0) is 16.4 Å². The fraction of sp³-hybridized carbons (Fsp3) is 0.444. The molecule has 130 valence electrons. The van der Waals surface area contributed by atoms with Crippen LogP contribution >= 0.6 is 11.3 Å². The number of sulfonamides is 1. The maximum Gasteiger partial charge on any atom is 0.252 e. The van der Waals surface area contributed by atoms with Crippen LogP contribution in [0.3, 0.4) is 0 Å². The maximum absolute atomic E-state index is 13.2. The predicted octanol–water partition coefficient (Wildman–Crippen LogP) is 4.41. The first-order chi connectivity index (χ1) is 11.5. The first kappa shape index (κ1) is 17.6. The van der Waals surface area contributed by atoms with Gasteiger partial charge in [-0.25, -0.2) is 12.8 Å². The zero-order valence-corrected chi connectivity index (χ0v) is 15.4. The molecule has 0 spiro atoms. The van der Waals surface area contributed by atoms with Crippen molar-refractivity contribution >= 4 is 21.4 Å². The molecule has 3 rings (SSSR count). The molecule has 3 nitrogen and oxygen atoms in total. The van der Waals surface area contributed by atoms with Gasteiger partial charge < -0.3 is 0 Å². The lowest BCUT2D eigenvalue weighted by atomic mass is 9.95. The molecule has 2 heterocycles. The Hall–Kier alpha value is -1.24. The van der Waals surface area contributed by atoms with Gasteiger partial charge in [-0.2, -0.15) is 4.31 Å². The summed E-state index contributed by atoms with van der Waals surface area (Å²) in [5.41, 5.74) is 1.01. The van der Waals surface area contributed by atoms with Crippen molar-refractivity contribution in [2.45, 2.75) is 42.7 Å². The van der Waals surface area contributed by atoms with Crippen LogP contribution in [0.1, 0.15) is 42.5 Å². The van der Waals surface area contributed by atoms with Crippen LogP contribution in [0.5, 0.6) is 0 Å². The van der Waals surface area contributed by atoms with Crippen molar-refractivity contribution in [2.24, 2.45) is 0 Å². The SMILES string of the molecule is CCc1ccc(S(=O)(=O)N2CCCCC(c3ccc(F)cc3)C2)s1. The Labute approximate surface area is 147 Å². The topological polar surface area (TPSA) is 37.4 Å². The molecule has 0 radical (unpaired) electrons. The lowest BCUT2D eigenvalue weighted by Crippen LogP contribution is -2.33. The largest absolute Gasteiger partial charge is 0.252 e. The minimum absolute atomic E-state index is 0.119. The molecular formula is C18H22FNO2S2. The molecule has 1 fully saturated rings. The molecule has 1 saturated heterocycles. The van der Waals surface area contributed by atoms with E-state index in [9.17, 15) is 12.8 Å². The van der Waals surface area contributed by atoms with Gasteiger partial charge in [-0.05, 0) is 55.0 Å². The standard InChI is InChI=1S/C18H22FNO2S2/c1-2-17-10-11-18(23-17)24(21,22)20-12-4-3-5-15(13-20)14-6-8-16(19)9-7-14/h6-11,15H,2-5,12-13H2,1H3. The van der Waals surface area contributed by atoms with Gasteiger partial charge in [0.15, 0.2) is 0 Å². The van der Waals surface area contributed by atoms with E-state index >= 15 is 0 Å². The molecule has 0 amide bonds. The van der Waals surface area contributed by atoms with Crippen molar-refractivity contribution < 1.29 is 12.8 Å². The van der Waals surface area contributed by atoms with Crippen LogP contribution < -0.4 is 0 Å². The van der Waals surface area contributed by atoms with E-state index in [0.29, 0.717) is 17.3 Å². The van der Waals surface area contributed by atoms with Gasteiger partial charge in [-0.15, -0.1) is 11.3 Å². The fourth-order valence-corrected chi connectivity index (χ4v) is 6.12. The number of aryl methyl sites for hydroxylation is 1. The van der Waals surface area contributed by atoms with Crippen molar-refractivity contribution in [1.29, 1.82) is 0 Å². The van der Waals surface area contributed by atoms with Gasteiger partial charge in [-0.1, -0.05) is 25.5 Å². The van der Waals surface area contributed by atoms with E-state index in [4.69, 9.17) is 0 Å². The van der Waals surface area contributed by atoms with Crippen LogP contribution in [0.2, 0.25) is 0 Å². The second-order valence-corrected chi connectivity index (χ2v) is 9.51. The molecule has 0 bridgehead atoms. The molecule has 1 aromatic heterocycles. The van der Waals surface area contributed by atoms with Crippen molar-refractivity contribution in [2.75, 3.05) is 13.1 Å². The molecule has 1 aliphatic rings. The number of hydrogen-bond donors (Lipinski definition) is 0. The van der Waals surface area contributed by atoms with Crippen LogP contribution in [0.25, 0.3) is 0 Å². The molecule has 0 aliphatic carbocycles. The lowest BCUT2D eigenvalue weighted by molar-refractivity contribution is 0.407. The van der Waals surface area contributed by atoms with E-state index in [-0.39, 0.29) is 11.7 Å². The second-order valence-electron chi connectivity index (χ2n) is 6.18. The van der Waals surface area contributed by atoms with E-state index in [1.165, 1.54) is 23.5 Å². The minimum atomic E-state index is -3.45. The normalized spacial score (nSPS) is 20.0. The molecule has 0 saturated carbocycles. The monoisotopic (exact) mass is 367 g/mol. The summed E-state index contributed by atoms with van der Waals surface area (Å²) >= 11 is 1.36. The van der Waals surface area contributed by atoms with E-state index in [1.807, 2.05) is 13.0 Å². The summed E-state index contributed by atoms with van der Waals surface area (Å²) in [4.78, 5) is 1.08. The third-order valence-corrected chi connectivity index (χ3v) is 8.12. The zero-order chi connectivity index (χ0) is 17.2. The van der Waals surface area contributed by atoms with Gasteiger partial charge in [0.1, 0.15) is 10.0 Å². The van der Waals surface area contributed by atoms with Crippen molar-refractivity contribution in [3.63, 3.8) is 0 Å². The second kappa shape index (κ2) is 7.33. The van der Waals surface area contributed by atoms with Crippen LogP contribution in [-0.4, -0.2) is 25.8 Å². The van der Waals surface area contributed by atoms with E-state index in [0.717, 1.165) is 36.1 Å². The molecule has 1 unspecified atom stereocenters. The molecular weight excluding hydrogens is 345 g/mol. The van der Waals surface area contributed by atoms with Gasteiger partial charge in [0.2, 0.25) is 0 Å². The lowest BCUT2D eigenvalue weighted by Gasteiger charge is -2.23. The number of rotatable bonds is 4.